The summed E-state index contributed by atoms with van der Waals surface area (Å²) in [5.41, 5.74) is 4.21. The smallest absolute Gasteiger partial charge is 0.226 e. The average Bonchev–Trinajstić information content (AvgIpc) is 3.23. The van der Waals surface area contributed by atoms with E-state index in [2.05, 4.69) is 34.5 Å². The third-order valence-electron chi connectivity index (χ3n) is 5.42. The molecule has 2 heterocycles. The number of benzene rings is 2. The van der Waals surface area contributed by atoms with Crippen molar-refractivity contribution in [1.82, 2.24) is 15.5 Å². The summed E-state index contributed by atoms with van der Waals surface area (Å²) in [7, 11) is 1.63. The van der Waals surface area contributed by atoms with Crippen LogP contribution in [0.25, 0.3) is 11.4 Å². The lowest BCUT2D eigenvalue weighted by molar-refractivity contribution is -0.122. The van der Waals surface area contributed by atoms with Gasteiger partial charge in [-0.05, 0) is 50.1 Å². The lowest BCUT2D eigenvalue weighted by Gasteiger charge is -2.28. The summed E-state index contributed by atoms with van der Waals surface area (Å²) in [4.78, 5) is 17.0. The van der Waals surface area contributed by atoms with Crippen molar-refractivity contribution < 1.29 is 18.8 Å². The minimum atomic E-state index is -0.0140. The molecule has 1 aliphatic heterocycles. The Morgan fingerprint density at radius 2 is 2.03 bits per heavy atom. The molecule has 7 nitrogen and oxygen atoms in total. The Hall–Kier alpha value is -3.35. The van der Waals surface area contributed by atoms with Crippen LogP contribution in [0.3, 0.4) is 0 Å². The summed E-state index contributed by atoms with van der Waals surface area (Å²) in [5, 5.41) is 7.19. The zero-order valence-electron chi connectivity index (χ0n) is 18.1. The van der Waals surface area contributed by atoms with Crippen LogP contribution in [0, 0.1) is 13.8 Å². The van der Waals surface area contributed by atoms with Gasteiger partial charge in [0.05, 0.1) is 19.8 Å². The van der Waals surface area contributed by atoms with E-state index in [9.17, 15) is 4.79 Å². The Bertz CT molecular complexity index is 1060. The third kappa shape index (κ3) is 4.87. The number of carbonyl (C=O) groups is 1. The Morgan fingerprint density at radius 3 is 2.81 bits per heavy atom. The lowest BCUT2D eigenvalue weighted by Crippen LogP contribution is -2.32. The van der Waals surface area contributed by atoms with Gasteiger partial charge in [0, 0.05) is 30.4 Å². The fourth-order valence-corrected chi connectivity index (χ4v) is 3.91. The highest BCUT2D eigenvalue weighted by Crippen LogP contribution is 2.35. The van der Waals surface area contributed by atoms with Crippen molar-refractivity contribution in [2.45, 2.75) is 45.6 Å². The molecule has 3 aromatic rings. The number of ether oxygens (including phenoxy) is 2. The molecule has 0 spiro atoms. The summed E-state index contributed by atoms with van der Waals surface area (Å²) in [6.07, 6.45) is 2.37. The molecule has 0 fully saturated rings. The number of rotatable bonds is 7. The van der Waals surface area contributed by atoms with Crippen LogP contribution in [0.1, 0.15) is 47.9 Å². The number of carbonyl (C=O) groups excluding carboxylic acids is 1. The van der Waals surface area contributed by atoms with Gasteiger partial charge in [-0.25, -0.2) is 0 Å². The second-order valence-corrected chi connectivity index (χ2v) is 7.85. The van der Waals surface area contributed by atoms with Crippen molar-refractivity contribution >= 4 is 5.91 Å². The fraction of sp³-hybridized carbons (Fsp3) is 0.375. The highest BCUT2D eigenvalue weighted by Gasteiger charge is 2.24. The molecule has 1 N–H and O–H groups in total. The Kier molecular flexibility index (Phi) is 6.21. The Labute approximate surface area is 181 Å². The van der Waals surface area contributed by atoms with Crippen molar-refractivity contribution in [2.24, 2.45) is 0 Å². The molecular formula is C24H27N3O4. The predicted octanol–water partition coefficient (Wildman–Crippen LogP) is 4.32. The number of fused-ring (bicyclic) bond motifs is 1. The highest BCUT2D eigenvalue weighted by atomic mass is 16.5. The number of nitrogens with zero attached hydrogens (tertiary/aromatic N) is 2. The molecule has 0 bridgehead atoms. The quantitative estimate of drug-likeness (QED) is 0.611. The van der Waals surface area contributed by atoms with E-state index in [-0.39, 0.29) is 11.9 Å². The molecule has 162 valence electrons. The van der Waals surface area contributed by atoms with E-state index < -0.39 is 0 Å². The minimum Gasteiger partial charge on any atom is -0.497 e. The van der Waals surface area contributed by atoms with E-state index in [1.54, 1.807) is 7.11 Å². The van der Waals surface area contributed by atoms with E-state index in [1.807, 2.05) is 31.2 Å². The highest BCUT2D eigenvalue weighted by molar-refractivity contribution is 5.76. The van der Waals surface area contributed by atoms with Crippen LogP contribution in [-0.2, 0) is 11.2 Å². The molecule has 31 heavy (non-hydrogen) atoms. The van der Waals surface area contributed by atoms with Gasteiger partial charge in [-0.1, -0.05) is 22.9 Å². The molecule has 1 aliphatic rings. The van der Waals surface area contributed by atoms with Gasteiger partial charge in [-0.2, -0.15) is 4.98 Å². The van der Waals surface area contributed by atoms with Crippen LogP contribution in [-0.4, -0.2) is 29.8 Å². The minimum absolute atomic E-state index is 0.0140. The average molecular weight is 421 g/mol. The fourth-order valence-electron chi connectivity index (χ4n) is 3.91. The first-order valence-electron chi connectivity index (χ1n) is 10.5. The van der Waals surface area contributed by atoms with Crippen molar-refractivity contribution in [3.63, 3.8) is 0 Å². The van der Waals surface area contributed by atoms with Crippen LogP contribution in [0.2, 0.25) is 0 Å². The standard InChI is InChI=1S/C24H27N3O4/c1-15-13-16(2)23-19(14-15)20(11-12-30-23)25-21(28)5-4-6-22-26-24(27-31-22)17-7-9-18(29-3)10-8-17/h7-10,13-14,20H,4-6,11-12H2,1-3H3,(H,25,28). The van der Waals surface area contributed by atoms with Crippen LogP contribution in [0.5, 0.6) is 11.5 Å². The molecule has 1 atom stereocenters. The lowest BCUT2D eigenvalue weighted by atomic mass is 9.95. The van der Waals surface area contributed by atoms with E-state index in [0.29, 0.717) is 37.6 Å². The van der Waals surface area contributed by atoms with Gasteiger partial charge < -0.3 is 19.3 Å². The SMILES string of the molecule is COc1ccc(-c2noc(CCCC(=O)NC3CCOc4c(C)cc(C)cc43)n2)cc1. The van der Waals surface area contributed by atoms with Crippen LogP contribution < -0.4 is 14.8 Å². The number of amides is 1. The molecular weight excluding hydrogens is 394 g/mol. The van der Waals surface area contributed by atoms with Gasteiger partial charge in [-0.15, -0.1) is 0 Å². The van der Waals surface area contributed by atoms with Gasteiger partial charge >= 0.3 is 0 Å². The van der Waals surface area contributed by atoms with E-state index >= 15 is 0 Å². The van der Waals surface area contributed by atoms with Gasteiger partial charge in [0.15, 0.2) is 0 Å². The molecule has 0 saturated carbocycles. The predicted molar refractivity (Wildman–Crippen MR) is 116 cm³/mol. The number of aryl methyl sites for hydroxylation is 3. The molecule has 7 heteroatoms. The topological polar surface area (TPSA) is 86.5 Å². The molecule has 0 aliphatic carbocycles. The molecule has 2 aromatic carbocycles. The van der Waals surface area contributed by atoms with Crippen LogP contribution in [0.15, 0.2) is 40.9 Å². The van der Waals surface area contributed by atoms with E-state index in [0.717, 1.165) is 34.6 Å². The third-order valence-corrected chi connectivity index (χ3v) is 5.42. The van der Waals surface area contributed by atoms with E-state index in [4.69, 9.17) is 14.0 Å². The normalized spacial score (nSPS) is 15.1. The number of hydrogen-bond acceptors (Lipinski definition) is 6. The molecule has 1 amide bonds. The summed E-state index contributed by atoms with van der Waals surface area (Å²) in [6, 6.07) is 11.7. The van der Waals surface area contributed by atoms with Gasteiger partial charge in [-0.3, -0.25) is 4.79 Å². The molecule has 1 aromatic heterocycles. The molecule has 0 saturated heterocycles. The Balaban J connectivity index is 1.30. The summed E-state index contributed by atoms with van der Waals surface area (Å²) in [5.74, 6) is 2.76. The van der Waals surface area contributed by atoms with Crippen molar-refractivity contribution in [3.8, 4) is 22.9 Å². The second-order valence-electron chi connectivity index (χ2n) is 7.85. The molecule has 4 rings (SSSR count). The van der Waals surface area contributed by atoms with E-state index in [1.165, 1.54) is 5.56 Å². The zero-order valence-corrected chi connectivity index (χ0v) is 18.1. The largest absolute Gasteiger partial charge is 0.497 e. The van der Waals surface area contributed by atoms with Crippen molar-refractivity contribution in [2.75, 3.05) is 13.7 Å². The molecule has 1 unspecified atom stereocenters. The summed E-state index contributed by atoms with van der Waals surface area (Å²) in [6.45, 7) is 4.71. The first kappa shape index (κ1) is 20.9. The monoisotopic (exact) mass is 421 g/mol. The number of methoxy groups -OCH3 is 1. The van der Waals surface area contributed by atoms with Crippen LogP contribution in [0.4, 0.5) is 0 Å². The maximum Gasteiger partial charge on any atom is 0.226 e. The molecule has 0 radical (unpaired) electrons. The van der Waals surface area contributed by atoms with Crippen LogP contribution >= 0.6 is 0 Å². The number of aromatic nitrogens is 2. The first-order valence-corrected chi connectivity index (χ1v) is 10.5. The first-order chi connectivity index (χ1) is 15.0. The summed E-state index contributed by atoms with van der Waals surface area (Å²) < 4.78 is 16.3. The van der Waals surface area contributed by atoms with Gasteiger partial charge in [0.25, 0.3) is 0 Å². The number of hydrogen-bond donors (Lipinski definition) is 1. The van der Waals surface area contributed by atoms with Crippen molar-refractivity contribution in [3.05, 3.63) is 59.0 Å². The van der Waals surface area contributed by atoms with Gasteiger partial charge in [0.2, 0.25) is 17.6 Å². The maximum atomic E-state index is 12.5. The second kappa shape index (κ2) is 9.20. The Morgan fingerprint density at radius 1 is 1.23 bits per heavy atom. The van der Waals surface area contributed by atoms with Crippen molar-refractivity contribution in [1.29, 1.82) is 0 Å². The summed E-state index contributed by atoms with van der Waals surface area (Å²) >= 11 is 0. The van der Waals surface area contributed by atoms with Gasteiger partial charge in [0.1, 0.15) is 11.5 Å². The number of nitrogens with one attached hydrogen (secondary N) is 1. The maximum absolute atomic E-state index is 12.5. The zero-order chi connectivity index (χ0) is 21.8.